The lowest BCUT2D eigenvalue weighted by Gasteiger charge is -2.28. The molecule has 2 aromatic carbocycles. The number of rotatable bonds is 9. The Bertz CT molecular complexity index is 1500. The van der Waals surface area contributed by atoms with Crippen molar-refractivity contribution in [3.63, 3.8) is 0 Å². The number of para-hydroxylation sites is 1. The summed E-state index contributed by atoms with van der Waals surface area (Å²) in [5, 5.41) is 7.23. The van der Waals surface area contributed by atoms with Gasteiger partial charge in [0.05, 0.1) is 24.9 Å². The molecule has 8 heteroatoms. The van der Waals surface area contributed by atoms with Crippen LogP contribution in [0.2, 0.25) is 0 Å². The van der Waals surface area contributed by atoms with Gasteiger partial charge < -0.3 is 24.8 Å². The average molecular weight is 554 g/mol. The lowest BCUT2D eigenvalue weighted by atomic mass is 9.96. The van der Waals surface area contributed by atoms with E-state index in [4.69, 9.17) is 17.0 Å². The van der Waals surface area contributed by atoms with Crippen LogP contribution in [-0.2, 0) is 11.2 Å². The van der Waals surface area contributed by atoms with Gasteiger partial charge in [0, 0.05) is 41.9 Å². The zero-order valence-electron chi connectivity index (χ0n) is 23.3. The van der Waals surface area contributed by atoms with Gasteiger partial charge in [-0.05, 0) is 92.1 Å². The van der Waals surface area contributed by atoms with E-state index >= 15 is 0 Å². The predicted molar refractivity (Wildman–Crippen MR) is 163 cm³/mol. The van der Waals surface area contributed by atoms with Crippen LogP contribution in [0.1, 0.15) is 53.6 Å². The van der Waals surface area contributed by atoms with Gasteiger partial charge in [-0.15, -0.1) is 0 Å². The quantitative estimate of drug-likeness (QED) is 0.246. The van der Waals surface area contributed by atoms with Crippen molar-refractivity contribution in [3.05, 3.63) is 107 Å². The molecule has 40 heavy (non-hydrogen) atoms. The number of anilines is 1. The maximum atomic E-state index is 13.1. The summed E-state index contributed by atoms with van der Waals surface area (Å²) in [5.41, 5.74) is 7.33. The number of ether oxygens (including phenoxy) is 1. The van der Waals surface area contributed by atoms with Gasteiger partial charge in [0.1, 0.15) is 5.75 Å². The second kappa shape index (κ2) is 11.9. The van der Waals surface area contributed by atoms with Gasteiger partial charge in [-0.1, -0.05) is 31.2 Å². The molecule has 2 N–H and O–H groups in total. The second-order valence-electron chi connectivity index (χ2n) is 9.99. The van der Waals surface area contributed by atoms with Crippen LogP contribution < -0.4 is 15.4 Å². The highest BCUT2D eigenvalue weighted by atomic mass is 32.1. The summed E-state index contributed by atoms with van der Waals surface area (Å²) in [6.45, 7) is 6.81. The molecule has 4 aromatic rings. The van der Waals surface area contributed by atoms with E-state index in [1.54, 1.807) is 13.3 Å². The molecule has 206 valence electrons. The number of carbonyl (C=O) groups is 1. The minimum absolute atomic E-state index is 0.0348. The van der Waals surface area contributed by atoms with Crippen LogP contribution in [0.4, 0.5) is 5.69 Å². The standard InChI is InChI=1S/C32H35N5O2S/c1-5-23-10-6-7-11-27(23)34-29(38)17-19-36-31(30(35-32(36)40)28-12-8-9-18-33-28)26-20-21(2)37(22(26)3)24-13-15-25(39-4)16-14-24/h6-16,18,20,30-31H,5,17,19H2,1-4H3,(H,34,38)(H,35,40)/t30-,31+/m0/s1. The van der Waals surface area contributed by atoms with E-state index in [1.807, 2.05) is 54.6 Å². The van der Waals surface area contributed by atoms with Crippen molar-refractivity contribution in [1.82, 2.24) is 19.8 Å². The second-order valence-corrected chi connectivity index (χ2v) is 10.4. The maximum absolute atomic E-state index is 13.1. The molecule has 0 radical (unpaired) electrons. The van der Waals surface area contributed by atoms with Gasteiger partial charge in [0.2, 0.25) is 5.91 Å². The number of nitrogens with one attached hydrogen (secondary N) is 2. The lowest BCUT2D eigenvalue weighted by molar-refractivity contribution is -0.116. The van der Waals surface area contributed by atoms with Gasteiger partial charge in [-0.3, -0.25) is 9.78 Å². The highest BCUT2D eigenvalue weighted by Crippen LogP contribution is 2.41. The van der Waals surface area contributed by atoms with Crippen LogP contribution in [-0.4, -0.2) is 39.1 Å². The molecular formula is C32H35N5O2S. The molecule has 7 nitrogen and oxygen atoms in total. The smallest absolute Gasteiger partial charge is 0.226 e. The van der Waals surface area contributed by atoms with E-state index in [0.29, 0.717) is 18.1 Å². The normalized spacial score (nSPS) is 16.6. The van der Waals surface area contributed by atoms with E-state index in [-0.39, 0.29) is 18.0 Å². The van der Waals surface area contributed by atoms with E-state index in [1.165, 1.54) is 0 Å². The molecule has 1 aliphatic rings. The van der Waals surface area contributed by atoms with Crippen LogP contribution in [0.15, 0.2) is 79.0 Å². The van der Waals surface area contributed by atoms with Gasteiger partial charge in [-0.25, -0.2) is 0 Å². The number of hydrogen-bond donors (Lipinski definition) is 2. The fraction of sp³-hybridized carbons (Fsp3) is 0.281. The fourth-order valence-corrected chi connectivity index (χ4v) is 5.92. The van der Waals surface area contributed by atoms with Crippen molar-refractivity contribution in [2.45, 2.75) is 45.7 Å². The van der Waals surface area contributed by atoms with E-state index < -0.39 is 0 Å². The Morgan fingerprint density at radius 1 is 1.07 bits per heavy atom. The fourth-order valence-electron chi connectivity index (χ4n) is 5.59. The number of aromatic nitrogens is 2. The van der Waals surface area contributed by atoms with Gasteiger partial charge in [0.25, 0.3) is 0 Å². The molecule has 1 amide bonds. The largest absolute Gasteiger partial charge is 0.497 e. The third kappa shape index (κ3) is 5.45. The summed E-state index contributed by atoms with van der Waals surface area (Å²) in [5.74, 6) is 0.783. The molecular weight excluding hydrogens is 518 g/mol. The van der Waals surface area contributed by atoms with Crippen molar-refractivity contribution in [1.29, 1.82) is 0 Å². The highest BCUT2D eigenvalue weighted by molar-refractivity contribution is 7.80. The number of hydrogen-bond acceptors (Lipinski definition) is 4. The molecule has 1 fully saturated rings. The summed E-state index contributed by atoms with van der Waals surface area (Å²) in [6.07, 6.45) is 2.97. The number of amides is 1. The summed E-state index contributed by atoms with van der Waals surface area (Å²) < 4.78 is 7.61. The summed E-state index contributed by atoms with van der Waals surface area (Å²) >= 11 is 5.85. The summed E-state index contributed by atoms with van der Waals surface area (Å²) in [7, 11) is 1.67. The van der Waals surface area contributed by atoms with E-state index in [9.17, 15) is 4.79 Å². The minimum Gasteiger partial charge on any atom is -0.497 e. The van der Waals surface area contributed by atoms with Crippen molar-refractivity contribution in [2.75, 3.05) is 19.0 Å². The van der Waals surface area contributed by atoms with Crippen molar-refractivity contribution < 1.29 is 9.53 Å². The number of pyridine rings is 1. The van der Waals surface area contributed by atoms with Crippen LogP contribution in [0, 0.1) is 13.8 Å². The third-order valence-electron chi connectivity index (χ3n) is 7.57. The molecule has 2 aromatic heterocycles. The molecule has 1 saturated heterocycles. The van der Waals surface area contributed by atoms with Crippen LogP contribution in [0.5, 0.6) is 5.75 Å². The molecule has 0 saturated carbocycles. The first-order valence-corrected chi connectivity index (χ1v) is 14.0. The Balaban J connectivity index is 1.46. The number of thiocarbonyl (C=S) groups is 1. The monoisotopic (exact) mass is 553 g/mol. The SMILES string of the molecule is CCc1ccccc1NC(=O)CCN1C(=S)N[C@@H](c2ccccn2)[C@H]1c1cc(C)n(-c2ccc(OC)cc2)c1C. The summed E-state index contributed by atoms with van der Waals surface area (Å²) in [4.78, 5) is 19.9. The zero-order valence-corrected chi connectivity index (χ0v) is 24.2. The van der Waals surface area contributed by atoms with Gasteiger partial charge >= 0.3 is 0 Å². The molecule has 5 rings (SSSR count). The number of nitrogens with zero attached hydrogens (tertiary/aromatic N) is 3. The number of aryl methyl sites for hydroxylation is 2. The van der Waals surface area contributed by atoms with Crippen molar-refractivity contribution in [3.8, 4) is 11.4 Å². The van der Waals surface area contributed by atoms with Crippen LogP contribution in [0.25, 0.3) is 5.69 Å². The zero-order chi connectivity index (χ0) is 28.2. The molecule has 3 heterocycles. The Labute approximate surface area is 241 Å². The molecule has 0 unspecified atom stereocenters. The number of benzene rings is 2. The first kappa shape index (κ1) is 27.4. The molecule has 0 spiro atoms. The first-order chi connectivity index (χ1) is 19.4. The Kier molecular flexibility index (Phi) is 8.16. The Morgan fingerprint density at radius 3 is 2.52 bits per heavy atom. The van der Waals surface area contributed by atoms with E-state index in [2.05, 4.69) is 64.1 Å². The van der Waals surface area contributed by atoms with Crippen LogP contribution in [0.3, 0.4) is 0 Å². The van der Waals surface area contributed by atoms with Crippen LogP contribution >= 0.6 is 12.2 Å². The lowest BCUT2D eigenvalue weighted by Crippen LogP contribution is -2.33. The van der Waals surface area contributed by atoms with Gasteiger partial charge in [0.15, 0.2) is 5.11 Å². The third-order valence-corrected chi connectivity index (χ3v) is 7.92. The number of methoxy groups -OCH3 is 1. The Morgan fingerprint density at radius 2 is 1.82 bits per heavy atom. The predicted octanol–water partition coefficient (Wildman–Crippen LogP) is 6.06. The topological polar surface area (TPSA) is 71.4 Å². The molecule has 2 atom stereocenters. The van der Waals surface area contributed by atoms with E-state index in [0.717, 1.165) is 51.8 Å². The summed E-state index contributed by atoms with van der Waals surface area (Å²) in [6, 6.07) is 23.9. The molecule has 1 aliphatic heterocycles. The highest BCUT2D eigenvalue weighted by Gasteiger charge is 2.41. The maximum Gasteiger partial charge on any atom is 0.226 e. The van der Waals surface area contributed by atoms with Crippen molar-refractivity contribution in [2.24, 2.45) is 0 Å². The van der Waals surface area contributed by atoms with Crippen molar-refractivity contribution >= 4 is 28.9 Å². The average Bonchev–Trinajstić information content (AvgIpc) is 3.46. The Hall–Kier alpha value is -4.17. The minimum atomic E-state index is -0.151. The molecule has 0 bridgehead atoms. The van der Waals surface area contributed by atoms with Gasteiger partial charge in [-0.2, -0.15) is 0 Å². The first-order valence-electron chi connectivity index (χ1n) is 13.6. The molecule has 0 aliphatic carbocycles. The number of carbonyl (C=O) groups excluding carboxylic acids is 1.